The van der Waals surface area contributed by atoms with Gasteiger partial charge in [-0.2, -0.15) is 0 Å². The molecule has 0 amide bonds. The molecule has 4 unspecified atom stereocenters. The summed E-state index contributed by atoms with van der Waals surface area (Å²) in [5, 5.41) is 0.0742. The van der Waals surface area contributed by atoms with Crippen LogP contribution in [0.2, 0.25) is 18.1 Å². The molecular formula is C34H45BO5Si. The average molecular weight is 573 g/mol. The third-order valence-electron chi connectivity index (χ3n) is 8.90. The van der Waals surface area contributed by atoms with Crippen molar-refractivity contribution in [3.8, 4) is 11.5 Å². The van der Waals surface area contributed by atoms with E-state index in [1.165, 1.54) is 0 Å². The average Bonchev–Trinajstić information content (AvgIpc) is 3.27. The summed E-state index contributed by atoms with van der Waals surface area (Å²) in [6.45, 7) is 13.8. The third-order valence-corrected chi connectivity index (χ3v) is 13.4. The fraction of sp³-hybridized carbons (Fsp3) is 0.471. The summed E-state index contributed by atoms with van der Waals surface area (Å²) in [6.07, 6.45) is 0.483. The largest absolute Gasteiger partial charge is 0.497 e. The molecule has 41 heavy (non-hydrogen) atoms. The quantitative estimate of drug-likeness (QED) is 0.178. The van der Waals surface area contributed by atoms with Gasteiger partial charge in [0.1, 0.15) is 24.9 Å². The van der Waals surface area contributed by atoms with E-state index in [1.807, 2.05) is 42.5 Å². The van der Waals surface area contributed by atoms with E-state index >= 15 is 0 Å². The molecular weight excluding hydrogens is 527 g/mol. The Morgan fingerprint density at radius 1 is 0.780 bits per heavy atom. The van der Waals surface area contributed by atoms with Gasteiger partial charge in [0.25, 0.3) is 0 Å². The van der Waals surface area contributed by atoms with Crippen LogP contribution in [0.1, 0.15) is 50.8 Å². The first kappa shape index (κ1) is 31.4. The van der Waals surface area contributed by atoms with Crippen LogP contribution in [-0.2, 0) is 19.5 Å². The Balaban J connectivity index is 1.75. The maximum atomic E-state index is 7.14. The standard InChI is InChI=1S/C34H45BO5Si/c1-9-29-30(39-32(35)31(29)40-41(7,8)33(2,3)4)23-38-34(24-13-11-10-12-14-24,25-15-19-27(36-5)20-16-25)26-17-21-28(37-6)22-18-26/h10-22,29-32H,9,23H2,1-8H3. The summed E-state index contributed by atoms with van der Waals surface area (Å²) in [4.78, 5) is 0. The smallest absolute Gasteiger partial charge is 0.192 e. The Morgan fingerprint density at radius 3 is 1.71 bits per heavy atom. The zero-order chi connectivity index (χ0) is 29.8. The molecule has 1 heterocycles. The van der Waals surface area contributed by atoms with Gasteiger partial charge in [0.15, 0.2) is 8.32 Å². The topological polar surface area (TPSA) is 46.2 Å². The SMILES string of the molecule is [B]C1OC(COC(c2ccccc2)(c2ccc(OC)cc2)c2ccc(OC)cc2)C(CC)C1O[Si](C)(C)C(C)(C)C. The van der Waals surface area contributed by atoms with E-state index in [1.54, 1.807) is 14.2 Å². The van der Waals surface area contributed by atoms with Crippen molar-refractivity contribution in [2.75, 3.05) is 20.8 Å². The van der Waals surface area contributed by atoms with E-state index in [-0.39, 0.29) is 23.2 Å². The number of benzene rings is 3. The maximum Gasteiger partial charge on any atom is 0.192 e. The van der Waals surface area contributed by atoms with E-state index in [4.69, 9.17) is 31.2 Å². The molecule has 0 aliphatic carbocycles. The first-order valence-electron chi connectivity index (χ1n) is 14.5. The van der Waals surface area contributed by atoms with Crippen LogP contribution < -0.4 is 9.47 Å². The normalized spacial score (nSPS) is 21.6. The van der Waals surface area contributed by atoms with Crippen molar-refractivity contribution in [2.24, 2.45) is 5.92 Å². The van der Waals surface area contributed by atoms with Crippen LogP contribution in [-0.4, -0.2) is 55.2 Å². The molecule has 0 aromatic heterocycles. The van der Waals surface area contributed by atoms with Crippen LogP contribution >= 0.6 is 0 Å². The number of hydrogen-bond acceptors (Lipinski definition) is 5. The summed E-state index contributed by atoms with van der Waals surface area (Å²) >= 11 is 0. The molecule has 1 saturated heterocycles. The van der Waals surface area contributed by atoms with Gasteiger partial charge < -0.3 is 23.4 Å². The lowest BCUT2D eigenvalue weighted by Gasteiger charge is -2.41. The molecule has 1 aliphatic rings. The predicted octanol–water partition coefficient (Wildman–Crippen LogP) is 7.32. The highest BCUT2D eigenvalue weighted by atomic mass is 28.4. The first-order chi connectivity index (χ1) is 19.5. The minimum absolute atomic E-state index is 0.0742. The molecule has 1 fully saturated rings. The van der Waals surface area contributed by atoms with Crippen molar-refractivity contribution in [3.05, 3.63) is 95.6 Å². The second-order valence-electron chi connectivity index (χ2n) is 12.4. The molecule has 0 N–H and O–H groups in total. The fourth-order valence-electron chi connectivity index (χ4n) is 5.45. The molecule has 0 bridgehead atoms. The third kappa shape index (κ3) is 6.43. The summed E-state index contributed by atoms with van der Waals surface area (Å²) in [5.74, 6) is 1.68. The van der Waals surface area contributed by atoms with Crippen LogP contribution in [0.4, 0.5) is 0 Å². The minimum atomic E-state index is -2.06. The second kappa shape index (κ2) is 12.7. The highest BCUT2D eigenvalue weighted by Gasteiger charge is 2.48. The molecule has 4 atom stereocenters. The summed E-state index contributed by atoms with van der Waals surface area (Å²) < 4.78 is 31.4. The van der Waals surface area contributed by atoms with Gasteiger partial charge in [-0.15, -0.1) is 0 Å². The van der Waals surface area contributed by atoms with Gasteiger partial charge >= 0.3 is 0 Å². The van der Waals surface area contributed by atoms with Crippen LogP contribution in [0, 0.1) is 5.92 Å². The van der Waals surface area contributed by atoms with E-state index in [9.17, 15) is 0 Å². The van der Waals surface area contributed by atoms with Crippen molar-refractivity contribution in [3.63, 3.8) is 0 Å². The fourth-order valence-corrected chi connectivity index (χ4v) is 6.79. The van der Waals surface area contributed by atoms with Crippen LogP contribution in [0.15, 0.2) is 78.9 Å². The van der Waals surface area contributed by atoms with E-state index < -0.39 is 19.9 Å². The Hall–Kier alpha value is -2.58. The lowest BCUT2D eigenvalue weighted by molar-refractivity contribution is -0.0605. The zero-order valence-corrected chi connectivity index (χ0v) is 26.8. The lowest BCUT2D eigenvalue weighted by Crippen LogP contribution is -2.48. The molecule has 2 radical (unpaired) electrons. The highest BCUT2D eigenvalue weighted by Crippen LogP contribution is 2.44. The molecule has 5 nitrogen and oxygen atoms in total. The summed E-state index contributed by atoms with van der Waals surface area (Å²) in [7, 11) is 7.90. The Bertz CT molecular complexity index is 1190. The number of rotatable bonds is 11. The van der Waals surface area contributed by atoms with Gasteiger partial charge in [0.05, 0.1) is 33.0 Å². The van der Waals surface area contributed by atoms with Crippen molar-refractivity contribution in [1.29, 1.82) is 0 Å². The molecule has 0 saturated carbocycles. The monoisotopic (exact) mass is 572 g/mol. The minimum Gasteiger partial charge on any atom is -0.497 e. The van der Waals surface area contributed by atoms with Crippen LogP contribution in [0.5, 0.6) is 11.5 Å². The molecule has 218 valence electrons. The van der Waals surface area contributed by atoms with Gasteiger partial charge in [0.2, 0.25) is 0 Å². The molecule has 1 aliphatic heterocycles. The molecule has 3 aromatic rings. The van der Waals surface area contributed by atoms with Crippen LogP contribution in [0.3, 0.4) is 0 Å². The van der Waals surface area contributed by atoms with E-state index in [0.29, 0.717) is 6.61 Å². The van der Waals surface area contributed by atoms with E-state index in [2.05, 4.69) is 77.2 Å². The van der Waals surface area contributed by atoms with Gasteiger partial charge in [0, 0.05) is 11.9 Å². The van der Waals surface area contributed by atoms with Crippen molar-refractivity contribution < 1.29 is 23.4 Å². The Kier molecular flexibility index (Phi) is 9.74. The summed E-state index contributed by atoms with van der Waals surface area (Å²) in [5.41, 5.74) is 2.07. The molecule has 4 rings (SSSR count). The zero-order valence-electron chi connectivity index (χ0n) is 25.8. The Morgan fingerprint density at radius 2 is 1.27 bits per heavy atom. The summed E-state index contributed by atoms with van der Waals surface area (Å²) in [6, 6.07) is 26.0. The highest BCUT2D eigenvalue weighted by molar-refractivity contribution is 6.74. The molecule has 0 spiro atoms. The number of methoxy groups -OCH3 is 2. The molecule has 3 aromatic carbocycles. The predicted molar refractivity (Wildman–Crippen MR) is 169 cm³/mol. The Labute approximate surface area is 249 Å². The van der Waals surface area contributed by atoms with Gasteiger partial charge in [-0.25, -0.2) is 0 Å². The van der Waals surface area contributed by atoms with Crippen molar-refractivity contribution in [2.45, 2.75) is 76.1 Å². The number of hydrogen-bond donors (Lipinski definition) is 0. The maximum absolute atomic E-state index is 7.14. The first-order valence-corrected chi connectivity index (χ1v) is 17.4. The van der Waals surface area contributed by atoms with Gasteiger partial charge in [-0.1, -0.05) is 82.3 Å². The van der Waals surface area contributed by atoms with Crippen molar-refractivity contribution in [1.82, 2.24) is 0 Å². The van der Waals surface area contributed by atoms with Gasteiger partial charge in [-0.05, 0) is 65.5 Å². The second-order valence-corrected chi connectivity index (χ2v) is 17.1. The van der Waals surface area contributed by atoms with Crippen molar-refractivity contribution >= 4 is 16.2 Å². The number of ether oxygens (including phenoxy) is 4. The van der Waals surface area contributed by atoms with Crippen LogP contribution in [0.25, 0.3) is 0 Å². The lowest BCUT2D eigenvalue weighted by atomic mass is 9.79. The molecule has 7 heteroatoms. The van der Waals surface area contributed by atoms with Gasteiger partial charge in [-0.3, -0.25) is 0 Å². The van der Waals surface area contributed by atoms with E-state index in [0.717, 1.165) is 34.6 Å².